The largest absolute Gasteiger partial charge is 0.416 e. The number of nitrogens with zero attached hydrogens (tertiary/aromatic N) is 1. The minimum absolute atomic E-state index is 0.432. The van der Waals surface area contributed by atoms with Crippen LogP contribution in [0.4, 0.5) is 18.9 Å². The zero-order chi connectivity index (χ0) is 14.0. The summed E-state index contributed by atoms with van der Waals surface area (Å²) < 4.78 is 38.0. The molecule has 0 spiro atoms. The van der Waals surface area contributed by atoms with Crippen molar-refractivity contribution in [2.24, 2.45) is 5.92 Å². The third-order valence-corrected chi connectivity index (χ3v) is 3.82. The van der Waals surface area contributed by atoms with Crippen LogP contribution in [0.1, 0.15) is 24.0 Å². The van der Waals surface area contributed by atoms with Gasteiger partial charge >= 0.3 is 6.18 Å². The molecular formula is C14H19F3N2. The minimum Gasteiger partial charge on any atom is -0.399 e. The highest BCUT2D eigenvalue weighted by Gasteiger charge is 2.31. The van der Waals surface area contributed by atoms with Crippen molar-refractivity contribution in [1.82, 2.24) is 4.90 Å². The smallest absolute Gasteiger partial charge is 0.399 e. The molecule has 1 aliphatic rings. The quantitative estimate of drug-likeness (QED) is 0.838. The van der Waals surface area contributed by atoms with E-state index in [2.05, 4.69) is 11.9 Å². The lowest BCUT2D eigenvalue weighted by Gasteiger charge is -2.29. The van der Waals surface area contributed by atoms with Crippen LogP contribution in [0.5, 0.6) is 0 Å². The van der Waals surface area contributed by atoms with Gasteiger partial charge in [0, 0.05) is 5.69 Å². The van der Waals surface area contributed by atoms with Crippen molar-refractivity contribution in [2.75, 3.05) is 25.9 Å². The maximum atomic E-state index is 12.7. The third-order valence-electron chi connectivity index (χ3n) is 3.82. The van der Waals surface area contributed by atoms with Gasteiger partial charge in [-0.05, 0) is 69.1 Å². The Bertz CT molecular complexity index is 435. The molecule has 1 aromatic rings. The van der Waals surface area contributed by atoms with Gasteiger partial charge in [0.15, 0.2) is 0 Å². The number of hydrogen-bond acceptors (Lipinski definition) is 2. The van der Waals surface area contributed by atoms with Gasteiger partial charge in [-0.1, -0.05) is 0 Å². The zero-order valence-corrected chi connectivity index (χ0v) is 11.0. The average molecular weight is 272 g/mol. The topological polar surface area (TPSA) is 29.3 Å². The maximum Gasteiger partial charge on any atom is 0.416 e. The molecular weight excluding hydrogens is 253 g/mol. The molecule has 0 saturated carbocycles. The monoisotopic (exact) mass is 272 g/mol. The van der Waals surface area contributed by atoms with E-state index in [1.807, 2.05) is 0 Å². The molecule has 106 valence electrons. The predicted octanol–water partition coefficient (Wildman–Crippen LogP) is 3.17. The fourth-order valence-corrected chi connectivity index (χ4v) is 2.54. The Morgan fingerprint density at radius 2 is 1.89 bits per heavy atom. The second-order valence-electron chi connectivity index (χ2n) is 5.36. The van der Waals surface area contributed by atoms with Crippen LogP contribution < -0.4 is 5.73 Å². The van der Waals surface area contributed by atoms with Crippen molar-refractivity contribution in [3.8, 4) is 0 Å². The van der Waals surface area contributed by atoms with E-state index in [4.69, 9.17) is 5.73 Å². The number of alkyl halides is 3. The molecule has 0 unspecified atom stereocenters. The summed E-state index contributed by atoms with van der Waals surface area (Å²) in [6.07, 6.45) is -1.61. The Morgan fingerprint density at radius 3 is 2.47 bits per heavy atom. The van der Waals surface area contributed by atoms with Crippen LogP contribution in [0.2, 0.25) is 0 Å². The molecule has 5 heteroatoms. The summed E-state index contributed by atoms with van der Waals surface area (Å²) in [7, 11) is 2.06. The summed E-state index contributed by atoms with van der Waals surface area (Å²) >= 11 is 0. The van der Waals surface area contributed by atoms with Gasteiger partial charge in [0.25, 0.3) is 0 Å². The third kappa shape index (κ3) is 3.62. The summed E-state index contributed by atoms with van der Waals surface area (Å²) in [6.45, 7) is 2.01. The molecule has 1 aromatic carbocycles. The summed E-state index contributed by atoms with van der Waals surface area (Å²) in [4.78, 5) is 2.24. The predicted molar refractivity (Wildman–Crippen MR) is 69.8 cm³/mol. The number of nitrogen functional groups attached to an aromatic ring is 1. The maximum absolute atomic E-state index is 12.7. The molecule has 2 rings (SSSR count). The number of nitrogens with two attached hydrogens (primary N) is 1. The summed E-state index contributed by atoms with van der Waals surface area (Å²) in [5, 5.41) is 0. The molecule has 1 heterocycles. The van der Waals surface area contributed by atoms with Gasteiger partial charge in [-0.15, -0.1) is 0 Å². The second kappa shape index (κ2) is 5.41. The normalized spacial score (nSPS) is 18.7. The number of halogens is 3. The molecule has 2 nitrogen and oxygen atoms in total. The van der Waals surface area contributed by atoms with Crippen LogP contribution in [0.15, 0.2) is 18.2 Å². The SMILES string of the molecule is CN1CCC(Cc2cc(C(F)(F)F)ccc2N)CC1. The van der Waals surface area contributed by atoms with Crippen molar-refractivity contribution in [2.45, 2.75) is 25.4 Å². The molecule has 0 atom stereocenters. The van der Waals surface area contributed by atoms with Crippen molar-refractivity contribution in [3.05, 3.63) is 29.3 Å². The van der Waals surface area contributed by atoms with Gasteiger partial charge in [-0.2, -0.15) is 13.2 Å². The number of likely N-dealkylation sites (tertiary alicyclic amines) is 1. The highest BCUT2D eigenvalue weighted by atomic mass is 19.4. The molecule has 0 aliphatic carbocycles. The Labute approximate surface area is 111 Å². The lowest BCUT2D eigenvalue weighted by Crippen LogP contribution is -2.31. The van der Waals surface area contributed by atoms with Crippen LogP contribution >= 0.6 is 0 Å². The van der Waals surface area contributed by atoms with E-state index in [1.165, 1.54) is 12.1 Å². The first-order valence-electron chi connectivity index (χ1n) is 6.50. The number of benzene rings is 1. The van der Waals surface area contributed by atoms with Crippen LogP contribution in [0.25, 0.3) is 0 Å². The fraction of sp³-hybridized carbons (Fsp3) is 0.571. The molecule has 0 radical (unpaired) electrons. The first kappa shape index (κ1) is 14.2. The van der Waals surface area contributed by atoms with Crippen molar-refractivity contribution >= 4 is 5.69 Å². The second-order valence-corrected chi connectivity index (χ2v) is 5.36. The number of anilines is 1. The Kier molecular flexibility index (Phi) is 4.04. The Hall–Kier alpha value is -1.23. The zero-order valence-electron chi connectivity index (χ0n) is 11.0. The Balaban J connectivity index is 2.11. The van der Waals surface area contributed by atoms with Crippen LogP contribution in [0, 0.1) is 5.92 Å². The van der Waals surface area contributed by atoms with E-state index in [1.54, 1.807) is 0 Å². The van der Waals surface area contributed by atoms with E-state index < -0.39 is 11.7 Å². The van der Waals surface area contributed by atoms with Gasteiger partial charge in [0.05, 0.1) is 5.56 Å². The first-order chi connectivity index (χ1) is 8.86. The number of piperidine rings is 1. The molecule has 1 fully saturated rings. The highest BCUT2D eigenvalue weighted by Crippen LogP contribution is 2.32. The number of rotatable bonds is 2. The lowest BCUT2D eigenvalue weighted by atomic mass is 9.89. The fourth-order valence-electron chi connectivity index (χ4n) is 2.54. The first-order valence-corrected chi connectivity index (χ1v) is 6.50. The van der Waals surface area contributed by atoms with E-state index in [-0.39, 0.29) is 0 Å². The van der Waals surface area contributed by atoms with Gasteiger partial charge < -0.3 is 10.6 Å². The molecule has 1 saturated heterocycles. The van der Waals surface area contributed by atoms with E-state index in [0.29, 0.717) is 23.6 Å². The van der Waals surface area contributed by atoms with Crippen LogP contribution in [0.3, 0.4) is 0 Å². The molecule has 1 aliphatic heterocycles. The van der Waals surface area contributed by atoms with Crippen LogP contribution in [-0.4, -0.2) is 25.0 Å². The standard InChI is InChI=1S/C14H19F3N2/c1-19-6-4-10(5-7-19)8-11-9-12(14(15,16)17)2-3-13(11)18/h2-3,9-10H,4-8,18H2,1H3. The van der Waals surface area contributed by atoms with E-state index >= 15 is 0 Å². The molecule has 0 bridgehead atoms. The van der Waals surface area contributed by atoms with Gasteiger partial charge in [-0.3, -0.25) is 0 Å². The molecule has 0 aromatic heterocycles. The molecule has 0 amide bonds. The van der Waals surface area contributed by atoms with Crippen molar-refractivity contribution in [1.29, 1.82) is 0 Å². The minimum atomic E-state index is -4.30. The highest BCUT2D eigenvalue weighted by molar-refractivity contribution is 5.49. The summed E-state index contributed by atoms with van der Waals surface area (Å²) in [5.41, 5.74) is 6.29. The average Bonchev–Trinajstić information content (AvgIpc) is 2.33. The summed E-state index contributed by atoms with van der Waals surface area (Å²) in [5.74, 6) is 0.432. The van der Waals surface area contributed by atoms with E-state index in [9.17, 15) is 13.2 Å². The number of hydrogen-bond donors (Lipinski definition) is 1. The Morgan fingerprint density at radius 1 is 1.26 bits per heavy atom. The van der Waals surface area contributed by atoms with Crippen LogP contribution in [-0.2, 0) is 12.6 Å². The van der Waals surface area contributed by atoms with Gasteiger partial charge in [-0.25, -0.2) is 0 Å². The summed E-state index contributed by atoms with van der Waals surface area (Å²) in [6, 6.07) is 3.62. The van der Waals surface area contributed by atoms with Gasteiger partial charge in [0.1, 0.15) is 0 Å². The van der Waals surface area contributed by atoms with Crippen molar-refractivity contribution in [3.63, 3.8) is 0 Å². The molecule has 2 N–H and O–H groups in total. The van der Waals surface area contributed by atoms with Crippen molar-refractivity contribution < 1.29 is 13.2 Å². The molecule has 19 heavy (non-hydrogen) atoms. The van der Waals surface area contributed by atoms with Gasteiger partial charge in [0.2, 0.25) is 0 Å². The lowest BCUT2D eigenvalue weighted by molar-refractivity contribution is -0.137. The van der Waals surface area contributed by atoms with E-state index in [0.717, 1.165) is 32.0 Å².